The maximum Gasteiger partial charge on any atom is 0.200 e. The van der Waals surface area contributed by atoms with E-state index < -0.39 is 0 Å². The van der Waals surface area contributed by atoms with Gasteiger partial charge in [-0.3, -0.25) is 9.59 Å². The van der Waals surface area contributed by atoms with Gasteiger partial charge in [-0.25, -0.2) is 0 Å². The number of allylic oxidation sites excluding steroid dienone is 1. The average Bonchev–Trinajstić information content (AvgIpc) is 2.58. The van der Waals surface area contributed by atoms with Crippen LogP contribution in [0.3, 0.4) is 0 Å². The van der Waals surface area contributed by atoms with Crippen LogP contribution < -0.4 is 5.43 Å². The summed E-state index contributed by atoms with van der Waals surface area (Å²) in [6.07, 6.45) is 1.92. The molecule has 0 N–H and O–H groups in total. The number of ketones is 1. The number of benzene rings is 2. The summed E-state index contributed by atoms with van der Waals surface area (Å²) in [6.45, 7) is 4.34. The molecule has 4 heteroatoms. The smallest absolute Gasteiger partial charge is 0.200 e. The molecule has 1 aromatic heterocycles. The molecule has 4 nitrogen and oxygen atoms in total. The molecule has 0 atom stereocenters. The van der Waals surface area contributed by atoms with Crippen molar-refractivity contribution < 1.29 is 13.9 Å². The van der Waals surface area contributed by atoms with E-state index >= 15 is 0 Å². The number of hydrogen-bond acceptors (Lipinski definition) is 4. The molecule has 3 rings (SSSR count). The monoisotopic (exact) mass is 322 g/mol. The molecule has 0 unspecified atom stereocenters. The van der Waals surface area contributed by atoms with E-state index in [1.165, 1.54) is 0 Å². The van der Waals surface area contributed by atoms with E-state index in [0.29, 0.717) is 34.1 Å². The van der Waals surface area contributed by atoms with Gasteiger partial charge < -0.3 is 9.15 Å². The number of Topliss-reactive ketones (excluding diaryl/α,β-unsaturated/α-hetero) is 1. The van der Waals surface area contributed by atoms with Crippen LogP contribution >= 0.6 is 0 Å². The van der Waals surface area contributed by atoms with Gasteiger partial charge in [0.15, 0.2) is 5.78 Å². The molecule has 24 heavy (non-hydrogen) atoms. The van der Waals surface area contributed by atoms with Gasteiger partial charge in [-0.1, -0.05) is 29.8 Å². The number of carbonyl (C=O) groups is 1. The van der Waals surface area contributed by atoms with Gasteiger partial charge in [0.1, 0.15) is 17.8 Å². The maximum absolute atomic E-state index is 12.5. The molecule has 0 saturated heterocycles. The predicted molar refractivity (Wildman–Crippen MR) is 94.6 cm³/mol. The third-order valence-electron chi connectivity index (χ3n) is 3.74. The summed E-state index contributed by atoms with van der Waals surface area (Å²) in [5, 5.41) is 1.00. The Morgan fingerprint density at radius 2 is 1.83 bits per heavy atom. The van der Waals surface area contributed by atoms with Gasteiger partial charge >= 0.3 is 0 Å². The van der Waals surface area contributed by atoms with Crippen LogP contribution in [0.1, 0.15) is 24.2 Å². The lowest BCUT2D eigenvalue weighted by Crippen LogP contribution is -2.10. The van der Waals surface area contributed by atoms with Gasteiger partial charge in [0.05, 0.1) is 17.4 Å². The molecule has 2 aromatic carbocycles. The summed E-state index contributed by atoms with van der Waals surface area (Å²) in [4.78, 5) is 24.7. The Balaban J connectivity index is 1.91. The topological polar surface area (TPSA) is 56.5 Å². The molecule has 0 fully saturated rings. The van der Waals surface area contributed by atoms with Crippen molar-refractivity contribution in [1.82, 2.24) is 0 Å². The molecule has 0 amide bonds. The van der Waals surface area contributed by atoms with E-state index in [-0.39, 0.29) is 17.8 Å². The SMILES string of the molecule is CC(C)=CCOCC(=O)c1ccc2c(=O)c3ccccc3oc2c1. The third kappa shape index (κ3) is 3.29. The number of ether oxygens (including phenoxy) is 1. The first-order chi connectivity index (χ1) is 11.6. The molecule has 3 aromatic rings. The zero-order valence-electron chi connectivity index (χ0n) is 13.7. The molecule has 0 aliphatic heterocycles. The van der Waals surface area contributed by atoms with Crippen molar-refractivity contribution in [2.75, 3.05) is 13.2 Å². The lowest BCUT2D eigenvalue weighted by Gasteiger charge is -2.05. The first-order valence-electron chi connectivity index (χ1n) is 7.76. The zero-order chi connectivity index (χ0) is 17.1. The van der Waals surface area contributed by atoms with Gasteiger partial charge in [-0.05, 0) is 38.1 Å². The lowest BCUT2D eigenvalue weighted by molar-refractivity contribution is 0.0805. The van der Waals surface area contributed by atoms with Crippen LogP contribution in [-0.2, 0) is 4.74 Å². The van der Waals surface area contributed by atoms with Crippen LogP contribution in [0.2, 0.25) is 0 Å². The molecular formula is C20H18O4. The fraction of sp³-hybridized carbons (Fsp3) is 0.200. The number of hydrogen-bond donors (Lipinski definition) is 0. The van der Waals surface area contributed by atoms with Crippen LogP contribution in [-0.4, -0.2) is 19.0 Å². The van der Waals surface area contributed by atoms with E-state index in [0.717, 1.165) is 5.57 Å². The second-order valence-corrected chi connectivity index (χ2v) is 5.86. The second-order valence-electron chi connectivity index (χ2n) is 5.86. The van der Waals surface area contributed by atoms with E-state index in [2.05, 4.69) is 0 Å². The Morgan fingerprint density at radius 3 is 2.62 bits per heavy atom. The second kappa shape index (κ2) is 6.81. The molecule has 1 heterocycles. The third-order valence-corrected chi connectivity index (χ3v) is 3.74. The number of fused-ring (bicyclic) bond motifs is 2. The van der Waals surface area contributed by atoms with Gasteiger partial charge in [0.2, 0.25) is 5.43 Å². The minimum Gasteiger partial charge on any atom is -0.456 e. The fourth-order valence-electron chi connectivity index (χ4n) is 2.44. The Hall–Kier alpha value is -2.72. The minimum atomic E-state index is -0.144. The van der Waals surface area contributed by atoms with Crippen molar-refractivity contribution in [3.8, 4) is 0 Å². The van der Waals surface area contributed by atoms with Crippen LogP contribution in [0.15, 0.2) is 63.3 Å². The Morgan fingerprint density at radius 1 is 1.08 bits per heavy atom. The lowest BCUT2D eigenvalue weighted by atomic mass is 10.1. The summed E-state index contributed by atoms with van der Waals surface area (Å²) in [5.74, 6) is -0.144. The van der Waals surface area contributed by atoms with Crippen molar-refractivity contribution in [3.05, 3.63) is 69.9 Å². The first kappa shape index (κ1) is 16.1. The highest BCUT2D eigenvalue weighted by molar-refractivity contribution is 6.00. The summed E-state index contributed by atoms with van der Waals surface area (Å²) < 4.78 is 11.1. The zero-order valence-corrected chi connectivity index (χ0v) is 13.7. The molecule has 0 aliphatic rings. The molecule has 0 saturated carbocycles. The van der Waals surface area contributed by atoms with E-state index in [9.17, 15) is 9.59 Å². The fourth-order valence-corrected chi connectivity index (χ4v) is 2.44. The molecular weight excluding hydrogens is 304 g/mol. The average molecular weight is 322 g/mol. The number of carbonyl (C=O) groups excluding carboxylic acids is 1. The van der Waals surface area contributed by atoms with Crippen LogP contribution in [0.25, 0.3) is 21.9 Å². The Kier molecular flexibility index (Phi) is 4.58. The van der Waals surface area contributed by atoms with Crippen molar-refractivity contribution in [3.63, 3.8) is 0 Å². The van der Waals surface area contributed by atoms with Gasteiger partial charge in [0.25, 0.3) is 0 Å². The van der Waals surface area contributed by atoms with Gasteiger partial charge in [-0.2, -0.15) is 0 Å². The van der Waals surface area contributed by atoms with E-state index in [4.69, 9.17) is 9.15 Å². The first-order valence-corrected chi connectivity index (χ1v) is 7.76. The molecule has 122 valence electrons. The summed E-state index contributed by atoms with van der Waals surface area (Å²) in [5.41, 5.74) is 2.44. The quantitative estimate of drug-likeness (QED) is 0.307. The summed E-state index contributed by atoms with van der Waals surface area (Å²) >= 11 is 0. The van der Waals surface area contributed by atoms with E-state index in [1.807, 2.05) is 26.0 Å². The Bertz CT molecular complexity index is 991. The van der Waals surface area contributed by atoms with Gasteiger partial charge in [0, 0.05) is 5.56 Å². The van der Waals surface area contributed by atoms with Crippen molar-refractivity contribution in [2.24, 2.45) is 0 Å². The summed E-state index contributed by atoms with van der Waals surface area (Å²) in [7, 11) is 0. The molecule has 0 aliphatic carbocycles. The number of para-hydroxylation sites is 1. The van der Waals surface area contributed by atoms with Crippen molar-refractivity contribution in [1.29, 1.82) is 0 Å². The highest BCUT2D eigenvalue weighted by atomic mass is 16.5. The van der Waals surface area contributed by atoms with Gasteiger partial charge in [-0.15, -0.1) is 0 Å². The van der Waals surface area contributed by atoms with Crippen molar-refractivity contribution in [2.45, 2.75) is 13.8 Å². The van der Waals surface area contributed by atoms with Crippen LogP contribution in [0.5, 0.6) is 0 Å². The summed E-state index contributed by atoms with van der Waals surface area (Å²) in [6, 6.07) is 12.0. The molecule has 0 radical (unpaired) electrons. The Labute approximate surface area is 139 Å². The number of rotatable bonds is 5. The molecule has 0 bridgehead atoms. The van der Waals surface area contributed by atoms with E-state index in [1.54, 1.807) is 36.4 Å². The maximum atomic E-state index is 12.5. The van der Waals surface area contributed by atoms with Crippen LogP contribution in [0, 0.1) is 0 Å². The predicted octanol–water partition coefficient (Wildman–Crippen LogP) is 4.11. The van der Waals surface area contributed by atoms with Crippen LogP contribution in [0.4, 0.5) is 0 Å². The highest BCUT2D eigenvalue weighted by Gasteiger charge is 2.11. The highest BCUT2D eigenvalue weighted by Crippen LogP contribution is 2.19. The largest absolute Gasteiger partial charge is 0.456 e. The minimum absolute atomic E-state index is 0.00685. The van der Waals surface area contributed by atoms with Crippen molar-refractivity contribution >= 4 is 27.7 Å². The normalized spacial score (nSPS) is 10.9. The standard InChI is InChI=1S/C20H18O4/c1-13(2)9-10-23-12-17(21)14-7-8-16-19(11-14)24-18-6-4-3-5-15(18)20(16)22/h3-9,11H,10,12H2,1-2H3. The molecule has 0 spiro atoms.